The largest absolute Gasteiger partial charge is 1.00 e. The van der Waals surface area contributed by atoms with E-state index in [1.165, 1.54) is 5.56 Å². The molecule has 0 heterocycles. The highest BCUT2D eigenvalue weighted by Crippen LogP contribution is 2.16. The summed E-state index contributed by atoms with van der Waals surface area (Å²) in [7, 11) is 0. The van der Waals surface area contributed by atoms with Crippen molar-refractivity contribution in [1.82, 2.24) is 5.32 Å². The molecule has 0 amide bonds. The molecular weight excluding hydrogens is 314 g/mol. The summed E-state index contributed by atoms with van der Waals surface area (Å²) < 4.78 is 0. The first-order chi connectivity index (χ1) is 10.5. The Bertz CT molecular complexity index is 572. The number of aromatic hydroxyl groups is 2. The first kappa shape index (κ1) is 19.3. The lowest BCUT2D eigenvalue weighted by Crippen LogP contribution is -3.00. The van der Waals surface area contributed by atoms with Gasteiger partial charge in [0.25, 0.3) is 0 Å². The molecule has 0 aliphatic rings. The standard InChI is InChI=1S/C18H23NO3.ClH/c1-13(2-3-14-4-8-16(20)9-5-14)19-12-18(22)15-6-10-17(21)11-7-15;/h4-11,13,18-22H,2-3,12H2,1H3;1H/p-1. The number of hydrogen-bond donors (Lipinski definition) is 4. The molecule has 0 aliphatic heterocycles. The van der Waals surface area contributed by atoms with Crippen molar-refractivity contribution in [1.29, 1.82) is 0 Å². The molecular formula is C18H23ClNO3-. The van der Waals surface area contributed by atoms with Crippen molar-refractivity contribution in [2.24, 2.45) is 0 Å². The fourth-order valence-corrected chi connectivity index (χ4v) is 2.27. The third kappa shape index (κ3) is 6.48. The molecule has 0 spiro atoms. The number of rotatable bonds is 7. The molecule has 23 heavy (non-hydrogen) atoms. The van der Waals surface area contributed by atoms with E-state index in [1.807, 2.05) is 12.1 Å². The maximum atomic E-state index is 10.1. The van der Waals surface area contributed by atoms with Gasteiger partial charge in [0.15, 0.2) is 0 Å². The fourth-order valence-electron chi connectivity index (χ4n) is 2.27. The van der Waals surface area contributed by atoms with E-state index in [1.54, 1.807) is 36.4 Å². The Hall–Kier alpha value is -1.75. The minimum atomic E-state index is -0.586. The van der Waals surface area contributed by atoms with Gasteiger partial charge in [-0.25, -0.2) is 0 Å². The zero-order valence-corrected chi connectivity index (χ0v) is 13.9. The van der Waals surface area contributed by atoms with Crippen LogP contribution in [0.15, 0.2) is 48.5 Å². The van der Waals surface area contributed by atoms with Gasteiger partial charge in [-0.15, -0.1) is 0 Å². The van der Waals surface area contributed by atoms with Crippen LogP contribution in [0.4, 0.5) is 0 Å². The van der Waals surface area contributed by atoms with Crippen molar-refractivity contribution in [3.63, 3.8) is 0 Å². The highest BCUT2D eigenvalue weighted by atomic mass is 35.5. The smallest absolute Gasteiger partial charge is 0.115 e. The number of nitrogens with one attached hydrogen (secondary N) is 1. The van der Waals surface area contributed by atoms with Crippen LogP contribution in [0.25, 0.3) is 0 Å². The average molecular weight is 337 g/mol. The summed E-state index contributed by atoms with van der Waals surface area (Å²) in [4.78, 5) is 0. The van der Waals surface area contributed by atoms with E-state index in [4.69, 9.17) is 0 Å². The van der Waals surface area contributed by atoms with Crippen LogP contribution >= 0.6 is 0 Å². The van der Waals surface area contributed by atoms with E-state index >= 15 is 0 Å². The minimum absolute atomic E-state index is 0. The molecule has 2 atom stereocenters. The van der Waals surface area contributed by atoms with E-state index in [2.05, 4.69) is 12.2 Å². The Kier molecular flexibility index (Phi) is 7.89. The highest BCUT2D eigenvalue weighted by Gasteiger charge is 2.09. The molecule has 0 bridgehead atoms. The molecule has 0 aromatic heterocycles. The predicted octanol–water partition coefficient (Wildman–Crippen LogP) is -0.254. The van der Waals surface area contributed by atoms with Crippen molar-refractivity contribution < 1.29 is 27.7 Å². The first-order valence-electron chi connectivity index (χ1n) is 7.53. The van der Waals surface area contributed by atoms with Gasteiger partial charge < -0.3 is 33.0 Å². The number of aryl methyl sites for hydroxylation is 1. The zero-order chi connectivity index (χ0) is 15.9. The average Bonchev–Trinajstić information content (AvgIpc) is 2.52. The van der Waals surface area contributed by atoms with Gasteiger partial charge in [0, 0.05) is 12.6 Å². The summed E-state index contributed by atoms with van der Waals surface area (Å²) in [5.74, 6) is 0.484. The monoisotopic (exact) mass is 336 g/mol. The van der Waals surface area contributed by atoms with Gasteiger partial charge in [-0.1, -0.05) is 24.3 Å². The molecule has 5 heteroatoms. The molecule has 2 unspecified atom stereocenters. The van der Waals surface area contributed by atoms with Crippen LogP contribution in [-0.2, 0) is 6.42 Å². The van der Waals surface area contributed by atoms with Crippen molar-refractivity contribution >= 4 is 0 Å². The van der Waals surface area contributed by atoms with Gasteiger partial charge in [0.2, 0.25) is 0 Å². The van der Waals surface area contributed by atoms with Crippen molar-refractivity contribution in [2.45, 2.75) is 31.9 Å². The summed E-state index contributed by atoms with van der Waals surface area (Å²) in [5, 5.41) is 31.9. The maximum absolute atomic E-state index is 10.1. The Morgan fingerprint density at radius 3 is 2.00 bits per heavy atom. The molecule has 4 N–H and O–H groups in total. The third-order valence-corrected chi connectivity index (χ3v) is 3.74. The van der Waals surface area contributed by atoms with Crippen LogP contribution in [-0.4, -0.2) is 27.9 Å². The Morgan fingerprint density at radius 1 is 0.913 bits per heavy atom. The molecule has 0 aliphatic carbocycles. The molecule has 2 rings (SSSR count). The number of aliphatic hydroxyl groups is 1. The molecule has 0 radical (unpaired) electrons. The summed E-state index contributed by atoms with van der Waals surface area (Å²) in [6.07, 6.45) is 1.29. The number of halogens is 1. The van der Waals surface area contributed by atoms with Crippen molar-refractivity contribution in [3.05, 3.63) is 59.7 Å². The minimum Gasteiger partial charge on any atom is -1.00 e. The molecule has 126 valence electrons. The molecule has 2 aromatic carbocycles. The first-order valence-corrected chi connectivity index (χ1v) is 7.53. The zero-order valence-electron chi connectivity index (χ0n) is 13.1. The van der Waals surface area contributed by atoms with E-state index in [0.29, 0.717) is 6.54 Å². The van der Waals surface area contributed by atoms with Crippen LogP contribution in [0.2, 0.25) is 0 Å². The van der Waals surface area contributed by atoms with E-state index < -0.39 is 6.10 Å². The summed E-state index contributed by atoms with van der Waals surface area (Å²) in [6.45, 7) is 2.56. The number of hydrogen-bond acceptors (Lipinski definition) is 4. The second kappa shape index (κ2) is 9.40. The third-order valence-electron chi connectivity index (χ3n) is 3.74. The van der Waals surface area contributed by atoms with Gasteiger partial charge in [-0.2, -0.15) is 0 Å². The van der Waals surface area contributed by atoms with Crippen molar-refractivity contribution in [3.8, 4) is 11.5 Å². The number of aliphatic hydroxyl groups excluding tert-OH is 1. The lowest BCUT2D eigenvalue weighted by molar-refractivity contribution is -0.00000829. The summed E-state index contributed by atoms with van der Waals surface area (Å²) >= 11 is 0. The van der Waals surface area contributed by atoms with Crippen LogP contribution in [0.1, 0.15) is 30.6 Å². The van der Waals surface area contributed by atoms with E-state index in [0.717, 1.165) is 18.4 Å². The Morgan fingerprint density at radius 2 is 1.43 bits per heavy atom. The van der Waals surface area contributed by atoms with Crippen LogP contribution in [0.3, 0.4) is 0 Å². The molecule has 0 fully saturated rings. The van der Waals surface area contributed by atoms with Crippen LogP contribution in [0, 0.1) is 0 Å². The van der Waals surface area contributed by atoms with Gasteiger partial charge in [0.05, 0.1) is 6.10 Å². The van der Waals surface area contributed by atoms with Gasteiger partial charge in [-0.05, 0) is 55.2 Å². The van der Waals surface area contributed by atoms with E-state index in [-0.39, 0.29) is 29.9 Å². The lowest BCUT2D eigenvalue weighted by Gasteiger charge is -2.17. The normalized spacial score (nSPS) is 13.1. The summed E-state index contributed by atoms with van der Waals surface area (Å²) in [5.41, 5.74) is 1.97. The molecule has 0 saturated carbocycles. The van der Waals surface area contributed by atoms with Gasteiger partial charge >= 0.3 is 0 Å². The number of phenolic OH excluding ortho intramolecular Hbond substituents is 2. The van der Waals surface area contributed by atoms with Crippen LogP contribution < -0.4 is 17.7 Å². The molecule has 0 saturated heterocycles. The number of benzene rings is 2. The van der Waals surface area contributed by atoms with Gasteiger partial charge in [0.1, 0.15) is 11.5 Å². The lowest BCUT2D eigenvalue weighted by atomic mass is 10.1. The van der Waals surface area contributed by atoms with Crippen molar-refractivity contribution in [2.75, 3.05) is 6.54 Å². The maximum Gasteiger partial charge on any atom is 0.115 e. The quantitative estimate of drug-likeness (QED) is 0.562. The fraction of sp³-hybridized carbons (Fsp3) is 0.333. The topological polar surface area (TPSA) is 72.7 Å². The molecule has 4 nitrogen and oxygen atoms in total. The molecule has 2 aromatic rings. The van der Waals surface area contributed by atoms with Crippen LogP contribution in [0.5, 0.6) is 11.5 Å². The van der Waals surface area contributed by atoms with E-state index in [9.17, 15) is 15.3 Å². The Balaban J connectivity index is 0.00000264. The SMILES string of the molecule is CC(CCc1ccc(O)cc1)NCC(O)c1ccc(O)cc1.[Cl-]. The Labute approximate surface area is 143 Å². The predicted molar refractivity (Wildman–Crippen MR) is 87.0 cm³/mol. The second-order valence-corrected chi connectivity index (χ2v) is 5.62. The summed E-state index contributed by atoms with van der Waals surface area (Å²) in [6, 6.07) is 14.1. The highest BCUT2D eigenvalue weighted by molar-refractivity contribution is 5.27. The number of phenols is 2. The second-order valence-electron chi connectivity index (χ2n) is 5.62. The van der Waals surface area contributed by atoms with Gasteiger partial charge in [-0.3, -0.25) is 0 Å².